The fourth-order valence-corrected chi connectivity index (χ4v) is 2.93. The van der Waals surface area contributed by atoms with Crippen molar-refractivity contribution in [2.24, 2.45) is 0 Å². The van der Waals surface area contributed by atoms with Gasteiger partial charge in [0.2, 0.25) is 0 Å². The predicted octanol–water partition coefficient (Wildman–Crippen LogP) is 4.21. The minimum atomic E-state index is 0.579. The van der Waals surface area contributed by atoms with Crippen LogP contribution in [0.2, 0.25) is 5.02 Å². The second kappa shape index (κ2) is 6.54. The second-order valence-electron chi connectivity index (χ2n) is 5.47. The molecule has 0 radical (unpaired) electrons. The van der Waals surface area contributed by atoms with E-state index < -0.39 is 0 Å². The van der Waals surface area contributed by atoms with Crippen LogP contribution < -0.4 is 10.2 Å². The van der Waals surface area contributed by atoms with Crippen LogP contribution in [-0.2, 0) is 13.1 Å². The van der Waals surface area contributed by atoms with Crippen LogP contribution in [0.5, 0.6) is 0 Å². The molecule has 1 aromatic carbocycles. The first-order valence-corrected chi connectivity index (χ1v) is 7.94. The van der Waals surface area contributed by atoms with Crippen molar-refractivity contribution in [2.75, 3.05) is 11.4 Å². The Bertz CT molecular complexity index is 578. The molecule has 3 nitrogen and oxygen atoms in total. The van der Waals surface area contributed by atoms with Gasteiger partial charge in [-0.3, -0.25) is 0 Å². The summed E-state index contributed by atoms with van der Waals surface area (Å²) in [5, 5.41) is 4.22. The highest BCUT2D eigenvalue weighted by Gasteiger charge is 2.32. The maximum absolute atomic E-state index is 6.52. The molecule has 0 bridgehead atoms. The smallest absolute Gasteiger partial charge is 0.123 e. The molecule has 0 unspecified atom stereocenters. The van der Waals surface area contributed by atoms with Gasteiger partial charge in [0, 0.05) is 12.6 Å². The summed E-state index contributed by atoms with van der Waals surface area (Å²) in [5.41, 5.74) is 2.40. The van der Waals surface area contributed by atoms with E-state index in [2.05, 4.69) is 23.2 Å². The van der Waals surface area contributed by atoms with Gasteiger partial charge in [-0.15, -0.1) is 0 Å². The molecule has 0 amide bonds. The Hall–Kier alpha value is -1.45. The van der Waals surface area contributed by atoms with Crippen LogP contribution in [0.1, 0.15) is 31.1 Å². The van der Waals surface area contributed by atoms with Crippen molar-refractivity contribution in [3.63, 3.8) is 0 Å². The largest absolute Gasteiger partial charge is 0.467 e. The average molecular weight is 305 g/mol. The Kier molecular flexibility index (Phi) is 4.51. The summed E-state index contributed by atoms with van der Waals surface area (Å²) in [6, 6.07) is 10.7. The number of anilines is 1. The first-order chi connectivity index (χ1) is 10.3. The van der Waals surface area contributed by atoms with Crippen molar-refractivity contribution in [2.45, 2.75) is 38.9 Å². The lowest BCUT2D eigenvalue weighted by Crippen LogP contribution is -2.27. The van der Waals surface area contributed by atoms with E-state index in [1.54, 1.807) is 6.26 Å². The third-order valence-corrected chi connectivity index (χ3v) is 4.12. The zero-order chi connectivity index (χ0) is 14.7. The molecule has 1 fully saturated rings. The summed E-state index contributed by atoms with van der Waals surface area (Å²) in [5.74, 6) is 0.983. The van der Waals surface area contributed by atoms with Crippen molar-refractivity contribution >= 4 is 17.3 Å². The number of rotatable bonds is 7. The van der Waals surface area contributed by atoms with Crippen molar-refractivity contribution in [3.05, 3.63) is 52.9 Å². The third-order valence-electron chi connectivity index (χ3n) is 3.82. The summed E-state index contributed by atoms with van der Waals surface area (Å²) >= 11 is 6.52. The van der Waals surface area contributed by atoms with Gasteiger partial charge in [-0.1, -0.05) is 30.7 Å². The Balaban J connectivity index is 1.90. The molecule has 0 saturated heterocycles. The van der Waals surface area contributed by atoms with Gasteiger partial charge in [0.05, 0.1) is 23.5 Å². The van der Waals surface area contributed by atoms with E-state index >= 15 is 0 Å². The first-order valence-electron chi connectivity index (χ1n) is 7.56. The quantitative estimate of drug-likeness (QED) is 0.830. The summed E-state index contributed by atoms with van der Waals surface area (Å²) in [4.78, 5) is 2.40. The average Bonchev–Trinajstić information content (AvgIpc) is 3.20. The van der Waals surface area contributed by atoms with Crippen LogP contribution in [0.4, 0.5) is 5.69 Å². The molecule has 1 aromatic heterocycles. The molecule has 0 atom stereocenters. The number of halogens is 1. The second-order valence-corrected chi connectivity index (χ2v) is 5.87. The summed E-state index contributed by atoms with van der Waals surface area (Å²) in [6.07, 6.45) is 4.19. The summed E-state index contributed by atoms with van der Waals surface area (Å²) in [6.45, 7) is 4.69. The molecule has 1 saturated carbocycles. The van der Waals surface area contributed by atoms with Crippen LogP contribution in [0.3, 0.4) is 0 Å². The monoisotopic (exact) mass is 304 g/mol. The number of benzene rings is 1. The molecule has 1 aliphatic rings. The summed E-state index contributed by atoms with van der Waals surface area (Å²) in [7, 11) is 0. The van der Waals surface area contributed by atoms with Crippen LogP contribution in [-0.4, -0.2) is 12.6 Å². The fourth-order valence-electron chi connectivity index (χ4n) is 2.63. The summed E-state index contributed by atoms with van der Waals surface area (Å²) < 4.78 is 5.52. The molecule has 21 heavy (non-hydrogen) atoms. The van der Waals surface area contributed by atoms with Gasteiger partial charge in [0.1, 0.15) is 5.76 Å². The van der Waals surface area contributed by atoms with Gasteiger partial charge in [-0.2, -0.15) is 0 Å². The van der Waals surface area contributed by atoms with Gasteiger partial charge in [-0.05, 0) is 43.1 Å². The number of hydrogen-bond donors (Lipinski definition) is 1. The maximum Gasteiger partial charge on any atom is 0.123 e. The van der Waals surface area contributed by atoms with Gasteiger partial charge in [-0.25, -0.2) is 0 Å². The number of furan rings is 1. The molecular weight excluding hydrogens is 284 g/mol. The first kappa shape index (κ1) is 14.5. The number of para-hydroxylation sites is 1. The van der Waals surface area contributed by atoms with E-state index in [0.29, 0.717) is 6.04 Å². The highest BCUT2D eigenvalue weighted by molar-refractivity contribution is 6.33. The number of nitrogens with one attached hydrogen (secondary N) is 1. The van der Waals surface area contributed by atoms with E-state index in [0.717, 1.165) is 36.1 Å². The Labute approximate surface area is 130 Å². The van der Waals surface area contributed by atoms with Crippen LogP contribution in [0.15, 0.2) is 41.0 Å². The van der Waals surface area contributed by atoms with Gasteiger partial charge >= 0.3 is 0 Å². The molecule has 3 rings (SSSR count). The third kappa shape index (κ3) is 3.42. The molecule has 1 N–H and O–H groups in total. The SMILES string of the molecule is CCNCc1cccc(Cl)c1N(Cc1ccco1)C1CC1. The molecule has 0 aliphatic heterocycles. The molecule has 4 heteroatoms. The standard InChI is InChI=1S/C17H21ClN2O/c1-2-19-11-13-5-3-7-16(18)17(13)20(14-8-9-14)12-15-6-4-10-21-15/h3-7,10,14,19H,2,8-9,11-12H2,1H3. The van der Waals surface area contributed by atoms with Crippen LogP contribution in [0.25, 0.3) is 0 Å². The Morgan fingerprint density at radius 3 is 2.81 bits per heavy atom. The zero-order valence-corrected chi connectivity index (χ0v) is 13.1. The highest BCUT2D eigenvalue weighted by Crippen LogP contribution is 2.39. The lowest BCUT2D eigenvalue weighted by Gasteiger charge is -2.27. The van der Waals surface area contributed by atoms with Gasteiger partial charge < -0.3 is 14.6 Å². The van der Waals surface area contributed by atoms with Crippen LogP contribution in [0, 0.1) is 0 Å². The maximum atomic E-state index is 6.52. The fraction of sp³-hybridized carbons (Fsp3) is 0.412. The lowest BCUT2D eigenvalue weighted by molar-refractivity contribution is 0.500. The topological polar surface area (TPSA) is 28.4 Å². The zero-order valence-electron chi connectivity index (χ0n) is 12.3. The van der Waals surface area contributed by atoms with Crippen molar-refractivity contribution in [1.82, 2.24) is 5.32 Å². The van der Waals surface area contributed by atoms with E-state index in [-0.39, 0.29) is 0 Å². The Morgan fingerprint density at radius 2 is 2.14 bits per heavy atom. The van der Waals surface area contributed by atoms with Crippen LogP contribution >= 0.6 is 11.6 Å². The normalized spacial score (nSPS) is 14.4. The van der Waals surface area contributed by atoms with Crippen molar-refractivity contribution in [1.29, 1.82) is 0 Å². The lowest BCUT2D eigenvalue weighted by atomic mass is 10.1. The van der Waals surface area contributed by atoms with Gasteiger partial charge in [0.15, 0.2) is 0 Å². The molecule has 0 spiro atoms. The van der Waals surface area contributed by atoms with Crippen molar-refractivity contribution < 1.29 is 4.42 Å². The minimum Gasteiger partial charge on any atom is -0.467 e. The number of nitrogens with zero attached hydrogens (tertiary/aromatic N) is 1. The molecule has 2 aromatic rings. The Morgan fingerprint density at radius 1 is 1.29 bits per heavy atom. The van der Waals surface area contributed by atoms with E-state index in [1.165, 1.54) is 18.4 Å². The highest BCUT2D eigenvalue weighted by atomic mass is 35.5. The minimum absolute atomic E-state index is 0.579. The number of hydrogen-bond acceptors (Lipinski definition) is 3. The van der Waals surface area contributed by atoms with E-state index in [9.17, 15) is 0 Å². The molecular formula is C17H21ClN2O. The predicted molar refractivity (Wildman–Crippen MR) is 86.7 cm³/mol. The molecule has 1 heterocycles. The molecule has 1 aliphatic carbocycles. The van der Waals surface area contributed by atoms with Crippen molar-refractivity contribution in [3.8, 4) is 0 Å². The van der Waals surface area contributed by atoms with E-state index in [4.69, 9.17) is 16.0 Å². The van der Waals surface area contributed by atoms with E-state index in [1.807, 2.05) is 24.3 Å². The molecule has 112 valence electrons. The van der Waals surface area contributed by atoms with Gasteiger partial charge in [0.25, 0.3) is 0 Å².